The predicted molar refractivity (Wildman–Crippen MR) is 58.4 cm³/mol. The molecule has 0 fully saturated rings. The fourth-order valence-electron chi connectivity index (χ4n) is 1.37. The number of hydrogen-bond acceptors (Lipinski definition) is 2. The zero-order chi connectivity index (χ0) is 11.0. The Morgan fingerprint density at radius 1 is 1.43 bits per heavy atom. The Morgan fingerprint density at radius 3 is 2.50 bits per heavy atom. The first-order chi connectivity index (χ1) is 6.61. The molecule has 0 saturated heterocycles. The van der Waals surface area contributed by atoms with Crippen molar-refractivity contribution < 1.29 is 9.90 Å². The van der Waals surface area contributed by atoms with Crippen molar-refractivity contribution in [2.45, 2.75) is 52.5 Å². The molecule has 0 bridgehead atoms. The fourth-order valence-corrected chi connectivity index (χ4v) is 1.37. The average Bonchev–Trinajstić information content (AvgIpc) is 2.17. The highest BCUT2D eigenvalue weighted by molar-refractivity contribution is 5.72. The maximum atomic E-state index is 10.6. The van der Waals surface area contributed by atoms with Crippen molar-refractivity contribution in [1.29, 1.82) is 0 Å². The first-order valence-electron chi connectivity index (χ1n) is 5.57. The number of unbranched alkanes of at least 4 members (excludes halogenated alkanes) is 1. The largest absolute Gasteiger partial charge is 0.480 e. The van der Waals surface area contributed by atoms with E-state index in [9.17, 15) is 4.79 Å². The first kappa shape index (κ1) is 13.4. The minimum Gasteiger partial charge on any atom is -0.480 e. The van der Waals surface area contributed by atoms with Gasteiger partial charge in [-0.2, -0.15) is 0 Å². The van der Waals surface area contributed by atoms with Crippen molar-refractivity contribution in [3.63, 3.8) is 0 Å². The van der Waals surface area contributed by atoms with E-state index in [1.165, 1.54) is 19.3 Å². The molecule has 0 aliphatic rings. The minimum atomic E-state index is -0.768. The molecule has 2 atom stereocenters. The molecule has 1 unspecified atom stereocenters. The zero-order valence-electron chi connectivity index (χ0n) is 9.55. The number of carbonyl (C=O) groups is 1. The Kier molecular flexibility index (Phi) is 7.48. The van der Waals surface area contributed by atoms with Crippen LogP contribution in [0.5, 0.6) is 0 Å². The summed E-state index contributed by atoms with van der Waals surface area (Å²) >= 11 is 0. The van der Waals surface area contributed by atoms with E-state index in [0.717, 1.165) is 13.0 Å². The fraction of sp³-hybridized carbons (Fsp3) is 0.909. The van der Waals surface area contributed by atoms with Crippen LogP contribution in [-0.4, -0.2) is 23.7 Å². The van der Waals surface area contributed by atoms with Crippen LogP contribution in [0.3, 0.4) is 0 Å². The molecule has 0 amide bonds. The zero-order valence-corrected chi connectivity index (χ0v) is 9.55. The monoisotopic (exact) mass is 201 g/mol. The smallest absolute Gasteiger partial charge is 0.320 e. The number of carboxylic acid groups (broad SMARTS) is 1. The third-order valence-corrected chi connectivity index (χ3v) is 2.63. The van der Waals surface area contributed by atoms with Gasteiger partial charge in [-0.15, -0.1) is 0 Å². The van der Waals surface area contributed by atoms with Crippen LogP contribution in [0.1, 0.15) is 46.5 Å². The molecule has 0 aliphatic heterocycles. The molecule has 84 valence electrons. The molecule has 0 aromatic carbocycles. The summed E-state index contributed by atoms with van der Waals surface area (Å²) in [6.07, 6.45) is 4.78. The first-order valence-corrected chi connectivity index (χ1v) is 5.57. The van der Waals surface area contributed by atoms with E-state index in [-0.39, 0.29) is 0 Å². The molecule has 3 nitrogen and oxygen atoms in total. The van der Waals surface area contributed by atoms with Gasteiger partial charge in [0.25, 0.3) is 0 Å². The number of aliphatic carboxylic acids is 1. The van der Waals surface area contributed by atoms with Crippen LogP contribution in [0, 0.1) is 5.92 Å². The summed E-state index contributed by atoms with van der Waals surface area (Å²) in [5.74, 6) is -0.146. The lowest BCUT2D eigenvalue weighted by atomic mass is 9.99. The highest BCUT2D eigenvalue weighted by Crippen LogP contribution is 2.11. The van der Waals surface area contributed by atoms with Gasteiger partial charge in [0.2, 0.25) is 0 Å². The van der Waals surface area contributed by atoms with E-state index in [2.05, 4.69) is 19.2 Å². The number of rotatable bonds is 8. The van der Waals surface area contributed by atoms with Gasteiger partial charge in [0.05, 0.1) is 0 Å². The molecular formula is C11H23NO2. The number of hydrogen-bond donors (Lipinski definition) is 2. The Bertz CT molecular complexity index is 159. The van der Waals surface area contributed by atoms with E-state index >= 15 is 0 Å². The lowest BCUT2D eigenvalue weighted by Gasteiger charge is -2.17. The van der Waals surface area contributed by atoms with E-state index in [0.29, 0.717) is 5.92 Å². The Hall–Kier alpha value is -0.570. The van der Waals surface area contributed by atoms with Gasteiger partial charge in [0, 0.05) is 0 Å². The van der Waals surface area contributed by atoms with Crippen molar-refractivity contribution in [2.75, 3.05) is 6.54 Å². The van der Waals surface area contributed by atoms with Gasteiger partial charge < -0.3 is 10.4 Å². The molecule has 14 heavy (non-hydrogen) atoms. The summed E-state index contributed by atoms with van der Waals surface area (Å²) in [7, 11) is 0. The molecule has 0 aromatic heterocycles. The summed E-state index contributed by atoms with van der Waals surface area (Å²) < 4.78 is 0. The van der Waals surface area contributed by atoms with Gasteiger partial charge in [-0.25, -0.2) is 0 Å². The summed E-state index contributed by atoms with van der Waals surface area (Å²) in [6, 6.07) is -0.425. The summed E-state index contributed by atoms with van der Waals surface area (Å²) in [4.78, 5) is 10.6. The Balaban J connectivity index is 3.66. The van der Waals surface area contributed by atoms with Crippen molar-refractivity contribution in [1.82, 2.24) is 5.32 Å². The quantitative estimate of drug-likeness (QED) is 0.633. The van der Waals surface area contributed by atoms with Gasteiger partial charge in [-0.05, 0) is 25.8 Å². The lowest BCUT2D eigenvalue weighted by Crippen LogP contribution is -2.36. The predicted octanol–water partition coefficient (Wildman–Crippen LogP) is 2.27. The van der Waals surface area contributed by atoms with Crippen molar-refractivity contribution >= 4 is 5.97 Å². The number of nitrogens with one attached hydrogen (secondary N) is 1. The maximum absolute atomic E-state index is 10.6. The normalized spacial score (nSPS) is 15.1. The molecule has 0 aliphatic carbocycles. The average molecular weight is 201 g/mol. The molecule has 0 saturated carbocycles. The highest BCUT2D eigenvalue weighted by Gasteiger charge is 2.12. The van der Waals surface area contributed by atoms with Gasteiger partial charge in [0.15, 0.2) is 0 Å². The third-order valence-electron chi connectivity index (χ3n) is 2.63. The van der Waals surface area contributed by atoms with Crippen LogP contribution < -0.4 is 5.32 Å². The van der Waals surface area contributed by atoms with E-state index in [1.54, 1.807) is 6.92 Å². The highest BCUT2D eigenvalue weighted by atomic mass is 16.4. The molecule has 0 rings (SSSR count). The van der Waals surface area contributed by atoms with Gasteiger partial charge >= 0.3 is 5.97 Å². The van der Waals surface area contributed by atoms with Crippen molar-refractivity contribution in [3.05, 3.63) is 0 Å². The van der Waals surface area contributed by atoms with Crippen LogP contribution in [0.15, 0.2) is 0 Å². The minimum absolute atomic E-state index is 0.425. The summed E-state index contributed by atoms with van der Waals surface area (Å²) in [5, 5.41) is 11.7. The van der Waals surface area contributed by atoms with Crippen molar-refractivity contribution in [2.24, 2.45) is 5.92 Å². The van der Waals surface area contributed by atoms with Crippen LogP contribution >= 0.6 is 0 Å². The van der Waals surface area contributed by atoms with Gasteiger partial charge in [-0.3, -0.25) is 4.79 Å². The molecular weight excluding hydrogens is 178 g/mol. The van der Waals surface area contributed by atoms with Gasteiger partial charge in [0.1, 0.15) is 6.04 Å². The summed E-state index contributed by atoms with van der Waals surface area (Å²) in [5.41, 5.74) is 0. The van der Waals surface area contributed by atoms with Crippen LogP contribution in [0.2, 0.25) is 0 Å². The topological polar surface area (TPSA) is 49.3 Å². The van der Waals surface area contributed by atoms with Crippen LogP contribution in [-0.2, 0) is 4.79 Å². The summed E-state index contributed by atoms with van der Waals surface area (Å²) in [6.45, 7) is 6.85. The second-order valence-corrected chi connectivity index (χ2v) is 3.88. The lowest BCUT2D eigenvalue weighted by molar-refractivity contribution is -0.139. The molecule has 3 heteroatoms. The van der Waals surface area contributed by atoms with Gasteiger partial charge in [-0.1, -0.05) is 33.1 Å². The second-order valence-electron chi connectivity index (χ2n) is 3.88. The molecule has 0 aromatic rings. The molecule has 0 radical (unpaired) electrons. The van der Waals surface area contributed by atoms with Crippen LogP contribution in [0.25, 0.3) is 0 Å². The molecule has 0 heterocycles. The van der Waals surface area contributed by atoms with E-state index in [1.807, 2.05) is 0 Å². The van der Waals surface area contributed by atoms with E-state index < -0.39 is 12.0 Å². The Morgan fingerprint density at radius 2 is 2.07 bits per heavy atom. The standard InChI is InChI=1S/C11H23NO2/c1-4-6-7-10(5-2)8-12-9(3)11(13)14/h9-10,12H,4-8H2,1-3H3,(H,13,14)/t9-,10?/m1/s1. The molecule has 2 N–H and O–H groups in total. The van der Waals surface area contributed by atoms with E-state index in [4.69, 9.17) is 5.11 Å². The molecule has 0 spiro atoms. The maximum Gasteiger partial charge on any atom is 0.320 e. The van der Waals surface area contributed by atoms with Crippen molar-refractivity contribution in [3.8, 4) is 0 Å². The third kappa shape index (κ3) is 5.97. The van der Waals surface area contributed by atoms with Crippen LogP contribution in [0.4, 0.5) is 0 Å². The number of carboxylic acids is 1. The SMILES string of the molecule is CCCCC(CC)CN[C@H](C)C(=O)O. The second kappa shape index (κ2) is 7.80. The Labute approximate surface area is 86.9 Å².